The van der Waals surface area contributed by atoms with Crippen molar-refractivity contribution < 1.29 is 18.7 Å². The number of hydrogen-bond acceptors (Lipinski definition) is 6. The lowest BCUT2D eigenvalue weighted by Gasteiger charge is -2.12. The third-order valence-electron chi connectivity index (χ3n) is 3.36. The van der Waals surface area contributed by atoms with Crippen LogP contribution in [0.25, 0.3) is 0 Å². The van der Waals surface area contributed by atoms with Crippen molar-refractivity contribution in [2.45, 2.75) is 0 Å². The first-order valence-electron chi connectivity index (χ1n) is 7.47. The highest BCUT2D eigenvalue weighted by atomic mass is 16.5. The van der Waals surface area contributed by atoms with Crippen LogP contribution in [0.1, 0.15) is 21.0 Å². The second-order valence-corrected chi connectivity index (χ2v) is 5.11. The summed E-state index contributed by atoms with van der Waals surface area (Å²) in [5.41, 5.74) is 0.384. The van der Waals surface area contributed by atoms with Crippen molar-refractivity contribution in [3.63, 3.8) is 0 Å². The smallest absolute Gasteiger partial charge is 0.291 e. The summed E-state index contributed by atoms with van der Waals surface area (Å²) in [6.45, 7) is 0. The molecule has 0 bridgehead atoms. The van der Waals surface area contributed by atoms with Crippen LogP contribution in [0.15, 0.2) is 57.9 Å². The molecule has 0 aliphatic rings. The Hall–Kier alpha value is -3.88. The SMILES string of the molecule is COc1ccc(NC(=O)c2ccc(=O)[nH]n2)cc1NC(=O)c1ccco1. The number of aromatic nitrogens is 2. The molecule has 0 aliphatic carbocycles. The van der Waals surface area contributed by atoms with Crippen LogP contribution >= 0.6 is 0 Å². The minimum Gasteiger partial charge on any atom is -0.495 e. The number of H-pyrrole nitrogens is 1. The summed E-state index contributed by atoms with van der Waals surface area (Å²) in [5, 5.41) is 11.1. The number of anilines is 2. The molecule has 0 saturated carbocycles. The van der Waals surface area contributed by atoms with Gasteiger partial charge in [0.1, 0.15) is 11.4 Å². The Morgan fingerprint density at radius 1 is 1.12 bits per heavy atom. The van der Waals surface area contributed by atoms with E-state index in [4.69, 9.17) is 9.15 Å². The third-order valence-corrected chi connectivity index (χ3v) is 3.36. The van der Waals surface area contributed by atoms with Gasteiger partial charge in [0.2, 0.25) is 0 Å². The molecule has 0 spiro atoms. The maximum absolute atomic E-state index is 12.2. The third kappa shape index (κ3) is 3.78. The number of carbonyl (C=O) groups excluding carboxylic acids is 2. The van der Waals surface area contributed by atoms with E-state index in [2.05, 4.69) is 20.8 Å². The van der Waals surface area contributed by atoms with Crippen LogP contribution in [0.5, 0.6) is 5.75 Å². The van der Waals surface area contributed by atoms with E-state index in [0.29, 0.717) is 17.1 Å². The number of furan rings is 1. The quantitative estimate of drug-likeness (QED) is 0.642. The van der Waals surface area contributed by atoms with Crippen molar-refractivity contribution in [2.24, 2.45) is 0 Å². The second kappa shape index (κ2) is 7.34. The van der Waals surface area contributed by atoms with E-state index in [-0.39, 0.29) is 11.5 Å². The topological polar surface area (TPSA) is 126 Å². The lowest BCUT2D eigenvalue weighted by atomic mass is 10.2. The van der Waals surface area contributed by atoms with Crippen LogP contribution in [0.3, 0.4) is 0 Å². The molecule has 0 aliphatic heterocycles. The summed E-state index contributed by atoms with van der Waals surface area (Å²) in [6.07, 6.45) is 1.39. The van der Waals surface area contributed by atoms with Gasteiger partial charge in [0.25, 0.3) is 17.4 Å². The molecule has 26 heavy (non-hydrogen) atoms. The number of amides is 2. The minimum atomic E-state index is -0.519. The molecule has 2 aromatic heterocycles. The Kier molecular flexibility index (Phi) is 4.79. The Morgan fingerprint density at radius 2 is 1.96 bits per heavy atom. The van der Waals surface area contributed by atoms with Gasteiger partial charge in [-0.15, -0.1) is 0 Å². The monoisotopic (exact) mass is 354 g/mol. The average molecular weight is 354 g/mol. The largest absolute Gasteiger partial charge is 0.495 e. The maximum atomic E-state index is 12.2. The number of nitrogens with one attached hydrogen (secondary N) is 3. The fourth-order valence-electron chi connectivity index (χ4n) is 2.14. The van der Waals surface area contributed by atoms with E-state index < -0.39 is 17.4 Å². The summed E-state index contributed by atoms with van der Waals surface area (Å²) in [5.74, 6) is -0.433. The summed E-state index contributed by atoms with van der Waals surface area (Å²) in [7, 11) is 1.46. The van der Waals surface area contributed by atoms with E-state index in [0.717, 1.165) is 0 Å². The predicted molar refractivity (Wildman–Crippen MR) is 92.5 cm³/mol. The van der Waals surface area contributed by atoms with Gasteiger partial charge in [-0.1, -0.05) is 0 Å². The van der Waals surface area contributed by atoms with Gasteiger partial charge in [-0.3, -0.25) is 14.4 Å². The molecule has 1 aromatic carbocycles. The predicted octanol–water partition coefficient (Wildman–Crippen LogP) is 1.88. The zero-order valence-corrected chi connectivity index (χ0v) is 13.6. The van der Waals surface area contributed by atoms with Crippen LogP contribution in [-0.2, 0) is 0 Å². The molecule has 132 valence electrons. The molecule has 3 rings (SSSR count). The molecule has 0 atom stereocenters. The van der Waals surface area contributed by atoms with Crippen LogP contribution in [0.4, 0.5) is 11.4 Å². The van der Waals surface area contributed by atoms with E-state index in [9.17, 15) is 14.4 Å². The maximum Gasteiger partial charge on any atom is 0.291 e. The normalized spacial score (nSPS) is 10.2. The van der Waals surface area contributed by atoms with E-state index in [1.165, 1.54) is 37.6 Å². The molecule has 9 nitrogen and oxygen atoms in total. The molecule has 2 heterocycles. The van der Waals surface area contributed by atoms with Gasteiger partial charge in [0, 0.05) is 11.8 Å². The molecule has 0 saturated heterocycles. The van der Waals surface area contributed by atoms with Crippen LogP contribution in [-0.4, -0.2) is 29.1 Å². The van der Waals surface area contributed by atoms with E-state index in [1.807, 2.05) is 0 Å². The zero-order valence-electron chi connectivity index (χ0n) is 13.6. The van der Waals surface area contributed by atoms with Crippen LogP contribution in [0.2, 0.25) is 0 Å². The van der Waals surface area contributed by atoms with Gasteiger partial charge >= 0.3 is 0 Å². The zero-order chi connectivity index (χ0) is 18.5. The van der Waals surface area contributed by atoms with Gasteiger partial charge in [-0.25, -0.2) is 5.10 Å². The van der Waals surface area contributed by atoms with Crippen LogP contribution in [0, 0.1) is 0 Å². The number of hydrogen-bond donors (Lipinski definition) is 3. The molecule has 3 aromatic rings. The Balaban J connectivity index is 1.80. The number of benzene rings is 1. The van der Waals surface area contributed by atoms with Gasteiger partial charge in [0.15, 0.2) is 5.76 Å². The lowest BCUT2D eigenvalue weighted by molar-refractivity contribution is 0.0994. The number of nitrogens with zero attached hydrogens (tertiary/aromatic N) is 1. The van der Waals surface area contributed by atoms with Crippen molar-refractivity contribution in [3.05, 3.63) is 70.5 Å². The number of carbonyl (C=O) groups is 2. The fourth-order valence-corrected chi connectivity index (χ4v) is 2.14. The summed E-state index contributed by atoms with van der Waals surface area (Å²) in [4.78, 5) is 35.3. The number of rotatable bonds is 5. The van der Waals surface area contributed by atoms with Crippen molar-refractivity contribution in [3.8, 4) is 5.75 Å². The van der Waals surface area contributed by atoms with Crippen molar-refractivity contribution in [2.75, 3.05) is 17.7 Å². The van der Waals surface area contributed by atoms with Crippen molar-refractivity contribution >= 4 is 23.2 Å². The Bertz CT molecular complexity index is 974. The fraction of sp³-hybridized carbons (Fsp3) is 0.0588. The van der Waals surface area contributed by atoms with Gasteiger partial charge < -0.3 is 19.8 Å². The minimum absolute atomic E-state index is 0.0431. The van der Waals surface area contributed by atoms with Crippen LogP contribution < -0.4 is 20.9 Å². The first-order valence-corrected chi connectivity index (χ1v) is 7.47. The lowest BCUT2D eigenvalue weighted by Crippen LogP contribution is -2.18. The molecule has 3 N–H and O–H groups in total. The molecule has 2 amide bonds. The Morgan fingerprint density at radius 3 is 2.62 bits per heavy atom. The summed E-state index contributed by atoms with van der Waals surface area (Å²) in [6, 6.07) is 10.3. The summed E-state index contributed by atoms with van der Waals surface area (Å²) < 4.78 is 10.3. The van der Waals surface area contributed by atoms with E-state index >= 15 is 0 Å². The van der Waals surface area contributed by atoms with Gasteiger partial charge in [-0.05, 0) is 36.4 Å². The molecular formula is C17H14N4O5. The highest BCUT2D eigenvalue weighted by Gasteiger charge is 2.14. The van der Waals surface area contributed by atoms with E-state index in [1.54, 1.807) is 18.2 Å². The van der Waals surface area contributed by atoms with Gasteiger partial charge in [0.05, 0.1) is 19.1 Å². The molecule has 9 heteroatoms. The summed E-state index contributed by atoms with van der Waals surface area (Å²) >= 11 is 0. The number of aromatic amines is 1. The van der Waals surface area contributed by atoms with Gasteiger partial charge in [-0.2, -0.15) is 5.10 Å². The first kappa shape index (κ1) is 17.0. The molecule has 0 fully saturated rings. The first-order chi connectivity index (χ1) is 12.6. The molecular weight excluding hydrogens is 340 g/mol. The number of methoxy groups -OCH3 is 1. The number of ether oxygens (including phenoxy) is 1. The highest BCUT2D eigenvalue weighted by Crippen LogP contribution is 2.28. The molecule has 0 radical (unpaired) electrons. The molecule has 0 unspecified atom stereocenters. The Labute approximate surface area is 147 Å². The van der Waals surface area contributed by atoms with Crippen molar-refractivity contribution in [1.29, 1.82) is 0 Å². The highest BCUT2D eigenvalue weighted by molar-refractivity contribution is 6.05. The standard InChI is InChI=1S/C17H14N4O5/c1-25-13-6-4-10(18-16(23)11-5-7-15(22)21-20-11)9-12(13)19-17(24)14-3-2-8-26-14/h2-9H,1H3,(H,18,23)(H,19,24)(H,21,22). The van der Waals surface area contributed by atoms with Crippen molar-refractivity contribution in [1.82, 2.24) is 10.2 Å². The second-order valence-electron chi connectivity index (χ2n) is 5.11. The average Bonchev–Trinajstić information content (AvgIpc) is 3.17.